The van der Waals surface area contributed by atoms with Crippen LogP contribution in [0.2, 0.25) is 0 Å². The predicted molar refractivity (Wildman–Crippen MR) is 77.2 cm³/mol. The number of sulfone groups is 1. The molecule has 19 heavy (non-hydrogen) atoms. The van der Waals surface area contributed by atoms with Crippen molar-refractivity contribution in [2.75, 3.05) is 11.1 Å². The van der Waals surface area contributed by atoms with Gasteiger partial charge in [0.1, 0.15) is 9.90 Å². The zero-order valence-corrected chi connectivity index (χ0v) is 12.8. The van der Waals surface area contributed by atoms with Crippen LogP contribution in [-0.4, -0.2) is 23.6 Å². The van der Waals surface area contributed by atoms with E-state index in [1.54, 1.807) is 0 Å². The van der Waals surface area contributed by atoms with Crippen LogP contribution in [0.3, 0.4) is 0 Å². The fourth-order valence-electron chi connectivity index (χ4n) is 2.39. The number of nitrogens with one attached hydrogen (secondary N) is 1. The summed E-state index contributed by atoms with van der Waals surface area (Å²) in [6, 6.07) is 0. The highest BCUT2D eigenvalue weighted by atomic mass is 32.2. The van der Waals surface area contributed by atoms with E-state index in [-0.39, 0.29) is 21.5 Å². The summed E-state index contributed by atoms with van der Waals surface area (Å²) in [4.78, 5) is 0.230. The van der Waals surface area contributed by atoms with Gasteiger partial charge in [-0.3, -0.25) is 0 Å². The number of nitrogen functional groups attached to an aromatic ring is 1. The minimum atomic E-state index is -3.30. The van der Waals surface area contributed by atoms with Crippen LogP contribution in [0.1, 0.15) is 39.5 Å². The maximum atomic E-state index is 12.4. The number of anilines is 2. The maximum Gasteiger partial charge on any atom is 0.187 e. The molecule has 1 aromatic heterocycles. The van der Waals surface area contributed by atoms with E-state index in [0.29, 0.717) is 10.9 Å². The van der Waals surface area contributed by atoms with Crippen molar-refractivity contribution in [2.24, 2.45) is 5.92 Å². The van der Waals surface area contributed by atoms with Gasteiger partial charge in [0.05, 0.1) is 5.25 Å². The summed E-state index contributed by atoms with van der Waals surface area (Å²) >= 11 is 1.16. The highest BCUT2D eigenvalue weighted by Crippen LogP contribution is 2.45. The molecule has 3 N–H and O–H groups in total. The molecular weight excluding hydrogens is 282 g/mol. The average molecular weight is 301 g/mol. The summed E-state index contributed by atoms with van der Waals surface area (Å²) < 4.78 is 28.9. The largest absolute Gasteiger partial charge is 0.382 e. The first-order valence-electron chi connectivity index (χ1n) is 6.59. The molecule has 1 aromatic rings. The third-order valence-electron chi connectivity index (χ3n) is 3.96. The van der Waals surface area contributed by atoms with Crippen molar-refractivity contribution in [2.45, 2.75) is 55.2 Å². The molecule has 0 atom stereocenters. The minimum absolute atomic E-state index is 0.104. The third kappa shape index (κ3) is 2.33. The van der Waals surface area contributed by atoms with Gasteiger partial charge in [-0.2, -0.15) is 4.37 Å². The molecular formula is C12H19N3O2S2. The Bertz CT molecular complexity index is 598. The van der Waals surface area contributed by atoms with E-state index < -0.39 is 9.84 Å². The second-order valence-electron chi connectivity index (χ2n) is 6.09. The first-order chi connectivity index (χ1) is 8.82. The molecule has 3 rings (SSSR count). The lowest BCUT2D eigenvalue weighted by molar-refractivity contribution is 0.494. The van der Waals surface area contributed by atoms with Gasteiger partial charge in [0.2, 0.25) is 0 Å². The standard InChI is InChI=1S/C12H19N3O2S2/c1-12(2,7-3-4-7)14-11-9(10(13)15-18-11)19(16,17)8-5-6-8/h7-8,14H,3-6H2,1-2H3,(H2,13,15). The molecule has 0 aromatic carbocycles. The molecule has 2 aliphatic carbocycles. The van der Waals surface area contributed by atoms with Crippen molar-refractivity contribution in [1.82, 2.24) is 4.37 Å². The third-order valence-corrected chi connectivity index (χ3v) is 7.19. The molecule has 0 aliphatic heterocycles. The van der Waals surface area contributed by atoms with Gasteiger partial charge >= 0.3 is 0 Å². The van der Waals surface area contributed by atoms with E-state index in [4.69, 9.17) is 5.73 Å². The minimum Gasteiger partial charge on any atom is -0.382 e. The number of nitrogens with two attached hydrogens (primary N) is 1. The summed E-state index contributed by atoms with van der Waals surface area (Å²) in [7, 11) is -3.30. The Morgan fingerprint density at radius 1 is 1.32 bits per heavy atom. The second-order valence-corrected chi connectivity index (χ2v) is 9.03. The Morgan fingerprint density at radius 3 is 2.47 bits per heavy atom. The van der Waals surface area contributed by atoms with E-state index in [1.807, 2.05) is 0 Å². The smallest absolute Gasteiger partial charge is 0.187 e. The lowest BCUT2D eigenvalue weighted by Crippen LogP contribution is -2.33. The Balaban J connectivity index is 1.94. The number of aromatic nitrogens is 1. The molecule has 0 spiro atoms. The van der Waals surface area contributed by atoms with E-state index in [2.05, 4.69) is 23.5 Å². The molecule has 2 fully saturated rings. The lowest BCUT2D eigenvalue weighted by atomic mass is 9.99. The first kappa shape index (κ1) is 13.2. The second kappa shape index (κ2) is 4.09. The molecule has 0 radical (unpaired) electrons. The SMILES string of the molecule is CC(C)(Nc1snc(N)c1S(=O)(=O)C1CC1)C1CC1. The van der Waals surface area contributed by atoms with Gasteiger partial charge in [0.25, 0.3) is 0 Å². The molecule has 0 saturated heterocycles. The van der Waals surface area contributed by atoms with E-state index in [9.17, 15) is 8.42 Å². The van der Waals surface area contributed by atoms with Gasteiger partial charge in [-0.1, -0.05) is 0 Å². The molecule has 2 saturated carbocycles. The average Bonchev–Trinajstić information content (AvgIpc) is 3.14. The van der Waals surface area contributed by atoms with E-state index in [0.717, 1.165) is 24.4 Å². The number of hydrogen-bond donors (Lipinski definition) is 2. The van der Waals surface area contributed by atoms with Crippen molar-refractivity contribution < 1.29 is 8.42 Å². The topological polar surface area (TPSA) is 85.1 Å². The molecule has 106 valence electrons. The molecule has 0 bridgehead atoms. The van der Waals surface area contributed by atoms with Gasteiger partial charge in [0.15, 0.2) is 15.7 Å². The first-order valence-corrected chi connectivity index (χ1v) is 8.91. The van der Waals surface area contributed by atoms with Crippen LogP contribution in [0.5, 0.6) is 0 Å². The predicted octanol–water partition coefficient (Wildman–Crippen LogP) is 2.26. The van der Waals surface area contributed by atoms with Gasteiger partial charge in [-0.05, 0) is 57.0 Å². The molecule has 2 aliphatic rings. The zero-order chi connectivity index (χ0) is 13.8. The van der Waals surface area contributed by atoms with Gasteiger partial charge < -0.3 is 11.1 Å². The fraction of sp³-hybridized carbons (Fsp3) is 0.750. The van der Waals surface area contributed by atoms with Crippen LogP contribution in [0.15, 0.2) is 4.90 Å². The molecule has 7 heteroatoms. The highest BCUT2D eigenvalue weighted by molar-refractivity contribution is 7.92. The normalized spacial score (nSPS) is 20.5. The molecule has 1 heterocycles. The van der Waals surface area contributed by atoms with Crippen LogP contribution < -0.4 is 11.1 Å². The van der Waals surface area contributed by atoms with Crippen molar-refractivity contribution in [1.29, 1.82) is 0 Å². The molecule has 0 unspecified atom stereocenters. The van der Waals surface area contributed by atoms with Gasteiger partial charge in [-0.25, -0.2) is 8.42 Å². The van der Waals surface area contributed by atoms with Crippen molar-refractivity contribution in [3.8, 4) is 0 Å². The summed E-state index contributed by atoms with van der Waals surface area (Å²) in [5, 5.41) is 3.71. The monoisotopic (exact) mass is 301 g/mol. The maximum absolute atomic E-state index is 12.4. The van der Waals surface area contributed by atoms with Crippen LogP contribution in [0.25, 0.3) is 0 Å². The van der Waals surface area contributed by atoms with E-state index >= 15 is 0 Å². The summed E-state index contributed by atoms with van der Waals surface area (Å²) in [5.41, 5.74) is 5.68. The Labute approximate surface area is 117 Å². The fourth-order valence-corrected chi connectivity index (χ4v) is 5.43. The number of rotatable bonds is 5. The Hall–Kier alpha value is -0.820. The number of nitrogens with zero attached hydrogens (tertiary/aromatic N) is 1. The van der Waals surface area contributed by atoms with Gasteiger partial charge in [-0.15, -0.1) is 0 Å². The summed E-state index contributed by atoms with van der Waals surface area (Å²) in [6.45, 7) is 4.21. The Morgan fingerprint density at radius 2 is 1.95 bits per heavy atom. The van der Waals surface area contributed by atoms with Crippen LogP contribution >= 0.6 is 11.5 Å². The van der Waals surface area contributed by atoms with Crippen molar-refractivity contribution in [3.05, 3.63) is 0 Å². The highest BCUT2D eigenvalue weighted by Gasteiger charge is 2.43. The van der Waals surface area contributed by atoms with Crippen LogP contribution in [0, 0.1) is 5.92 Å². The van der Waals surface area contributed by atoms with Crippen LogP contribution in [0.4, 0.5) is 10.8 Å². The van der Waals surface area contributed by atoms with Crippen LogP contribution in [-0.2, 0) is 9.84 Å². The van der Waals surface area contributed by atoms with E-state index in [1.165, 1.54) is 12.8 Å². The van der Waals surface area contributed by atoms with Crippen molar-refractivity contribution in [3.63, 3.8) is 0 Å². The molecule has 0 amide bonds. The lowest BCUT2D eigenvalue weighted by Gasteiger charge is -2.26. The number of hydrogen-bond acceptors (Lipinski definition) is 6. The quantitative estimate of drug-likeness (QED) is 0.871. The van der Waals surface area contributed by atoms with Gasteiger partial charge in [0, 0.05) is 5.54 Å². The molecule has 5 nitrogen and oxygen atoms in total. The summed E-state index contributed by atoms with van der Waals surface area (Å²) in [5.74, 6) is 0.748. The Kier molecular flexibility index (Phi) is 2.83. The van der Waals surface area contributed by atoms with Crippen molar-refractivity contribution >= 4 is 32.2 Å². The zero-order valence-electron chi connectivity index (χ0n) is 11.1. The summed E-state index contributed by atoms with van der Waals surface area (Å²) in [6.07, 6.45) is 3.87.